The highest BCUT2D eigenvalue weighted by Crippen LogP contribution is 2.15. The van der Waals surface area contributed by atoms with Crippen LogP contribution in [-0.4, -0.2) is 50.7 Å². The molecule has 1 aromatic carbocycles. The molecule has 1 aliphatic rings. The van der Waals surface area contributed by atoms with Gasteiger partial charge in [-0.2, -0.15) is 0 Å². The highest BCUT2D eigenvalue weighted by atomic mass is 127. The lowest BCUT2D eigenvalue weighted by molar-refractivity contribution is 0.267. The fourth-order valence-corrected chi connectivity index (χ4v) is 2.91. The van der Waals surface area contributed by atoms with Gasteiger partial charge in [0.15, 0.2) is 5.96 Å². The molecule has 130 valence electrons. The Morgan fingerprint density at radius 1 is 1.30 bits per heavy atom. The summed E-state index contributed by atoms with van der Waals surface area (Å²) in [6.07, 6.45) is 2.58. The van der Waals surface area contributed by atoms with Gasteiger partial charge in [0, 0.05) is 26.2 Å². The first-order valence-electron chi connectivity index (χ1n) is 8.08. The number of halogens is 1. The van der Waals surface area contributed by atoms with Crippen LogP contribution in [0.1, 0.15) is 25.3 Å². The summed E-state index contributed by atoms with van der Waals surface area (Å²) in [5.74, 6) is 1.74. The van der Waals surface area contributed by atoms with E-state index in [1.165, 1.54) is 24.9 Å². The number of nitrogens with zero attached hydrogens (tertiary/aromatic N) is 2. The zero-order valence-corrected chi connectivity index (χ0v) is 16.7. The van der Waals surface area contributed by atoms with Crippen LogP contribution >= 0.6 is 24.0 Å². The molecule has 1 unspecified atom stereocenters. The average Bonchev–Trinajstić information content (AvgIpc) is 3.03. The number of benzene rings is 1. The molecular formula is C17H29IN4O. The minimum absolute atomic E-state index is 0. The van der Waals surface area contributed by atoms with Gasteiger partial charge < -0.3 is 15.4 Å². The predicted molar refractivity (Wildman–Crippen MR) is 107 cm³/mol. The van der Waals surface area contributed by atoms with Crippen LogP contribution in [0.25, 0.3) is 0 Å². The third kappa shape index (κ3) is 6.18. The lowest BCUT2D eigenvalue weighted by atomic mass is 10.2. The Labute approximate surface area is 156 Å². The molecule has 2 rings (SSSR count). The van der Waals surface area contributed by atoms with Gasteiger partial charge in [-0.05, 0) is 43.6 Å². The number of hydrogen-bond acceptors (Lipinski definition) is 3. The van der Waals surface area contributed by atoms with Crippen molar-refractivity contribution in [3.05, 3.63) is 29.8 Å². The molecule has 0 saturated carbocycles. The molecule has 0 spiro atoms. The van der Waals surface area contributed by atoms with E-state index in [0.717, 1.165) is 31.3 Å². The van der Waals surface area contributed by atoms with Crippen molar-refractivity contribution >= 4 is 29.9 Å². The molecule has 0 radical (unpaired) electrons. The summed E-state index contributed by atoms with van der Waals surface area (Å²) in [7, 11) is 3.50. The summed E-state index contributed by atoms with van der Waals surface area (Å²) >= 11 is 0. The molecule has 0 aliphatic carbocycles. The van der Waals surface area contributed by atoms with Gasteiger partial charge in [0.2, 0.25) is 0 Å². The zero-order chi connectivity index (χ0) is 15.8. The second kappa shape index (κ2) is 10.7. The van der Waals surface area contributed by atoms with Crippen molar-refractivity contribution in [2.45, 2.75) is 32.4 Å². The van der Waals surface area contributed by atoms with E-state index in [1.54, 1.807) is 7.11 Å². The van der Waals surface area contributed by atoms with Crippen LogP contribution in [0, 0.1) is 0 Å². The Kier molecular flexibility index (Phi) is 9.31. The Morgan fingerprint density at radius 2 is 2.04 bits per heavy atom. The maximum absolute atomic E-state index is 5.17. The van der Waals surface area contributed by atoms with Gasteiger partial charge in [0.1, 0.15) is 5.75 Å². The van der Waals surface area contributed by atoms with E-state index in [0.29, 0.717) is 6.04 Å². The van der Waals surface area contributed by atoms with E-state index >= 15 is 0 Å². The molecule has 0 aromatic heterocycles. The number of hydrogen-bond donors (Lipinski definition) is 2. The number of nitrogens with one attached hydrogen (secondary N) is 2. The van der Waals surface area contributed by atoms with Gasteiger partial charge in [0.25, 0.3) is 0 Å². The molecule has 1 heterocycles. The van der Waals surface area contributed by atoms with E-state index in [-0.39, 0.29) is 24.0 Å². The van der Waals surface area contributed by atoms with Crippen molar-refractivity contribution in [3.8, 4) is 5.75 Å². The third-order valence-electron chi connectivity index (χ3n) is 4.25. The number of likely N-dealkylation sites (tertiary alicyclic amines) is 1. The van der Waals surface area contributed by atoms with Crippen LogP contribution in [0.3, 0.4) is 0 Å². The first-order valence-corrected chi connectivity index (χ1v) is 8.08. The van der Waals surface area contributed by atoms with E-state index < -0.39 is 0 Å². The minimum atomic E-state index is 0. The van der Waals surface area contributed by atoms with Crippen LogP contribution in [-0.2, 0) is 6.54 Å². The highest BCUT2D eigenvalue weighted by molar-refractivity contribution is 14.0. The van der Waals surface area contributed by atoms with Crippen molar-refractivity contribution in [2.24, 2.45) is 4.99 Å². The molecule has 2 N–H and O–H groups in total. The number of aliphatic imine (C=N–C) groups is 1. The Morgan fingerprint density at radius 3 is 2.65 bits per heavy atom. The van der Waals surface area contributed by atoms with Crippen molar-refractivity contribution in [1.82, 2.24) is 15.5 Å². The second-order valence-corrected chi connectivity index (χ2v) is 5.58. The molecular weight excluding hydrogens is 403 g/mol. The summed E-state index contributed by atoms with van der Waals surface area (Å²) in [5, 5.41) is 6.80. The fraction of sp³-hybridized carbons (Fsp3) is 0.588. The van der Waals surface area contributed by atoms with E-state index in [4.69, 9.17) is 4.74 Å². The van der Waals surface area contributed by atoms with Gasteiger partial charge in [-0.3, -0.25) is 9.89 Å². The summed E-state index contributed by atoms with van der Waals surface area (Å²) in [5.41, 5.74) is 1.21. The Hall–Kier alpha value is -1.02. The number of rotatable bonds is 6. The minimum Gasteiger partial charge on any atom is -0.497 e. The lowest BCUT2D eigenvalue weighted by Gasteiger charge is -2.24. The Balaban J connectivity index is 0.00000264. The standard InChI is InChI=1S/C17H28N4O.HI/c1-4-21-11-5-6-15(21)13-20-17(18-2)19-12-14-7-9-16(22-3)10-8-14;/h7-10,15H,4-6,11-13H2,1-3H3,(H2,18,19,20);1H. The largest absolute Gasteiger partial charge is 0.497 e. The molecule has 6 heteroatoms. The van der Waals surface area contributed by atoms with Gasteiger partial charge in [-0.1, -0.05) is 19.1 Å². The molecule has 0 bridgehead atoms. The van der Waals surface area contributed by atoms with Gasteiger partial charge in [-0.25, -0.2) is 0 Å². The zero-order valence-electron chi connectivity index (χ0n) is 14.3. The summed E-state index contributed by atoms with van der Waals surface area (Å²) in [6.45, 7) is 6.29. The molecule has 1 atom stereocenters. The van der Waals surface area contributed by atoms with Crippen LogP contribution in [0.15, 0.2) is 29.3 Å². The summed E-state index contributed by atoms with van der Waals surface area (Å²) < 4.78 is 5.17. The van der Waals surface area contributed by atoms with Crippen LogP contribution in [0.2, 0.25) is 0 Å². The Bertz CT molecular complexity index is 478. The second-order valence-electron chi connectivity index (χ2n) is 5.58. The lowest BCUT2D eigenvalue weighted by Crippen LogP contribution is -2.44. The topological polar surface area (TPSA) is 48.9 Å². The van der Waals surface area contributed by atoms with E-state index in [9.17, 15) is 0 Å². The molecule has 5 nitrogen and oxygen atoms in total. The van der Waals surface area contributed by atoms with E-state index in [2.05, 4.69) is 39.6 Å². The number of guanidine groups is 1. The monoisotopic (exact) mass is 432 g/mol. The van der Waals surface area contributed by atoms with Crippen molar-refractivity contribution in [2.75, 3.05) is 33.8 Å². The highest BCUT2D eigenvalue weighted by Gasteiger charge is 2.22. The smallest absolute Gasteiger partial charge is 0.191 e. The molecule has 1 aliphatic heterocycles. The van der Waals surface area contributed by atoms with E-state index in [1.807, 2.05) is 19.2 Å². The van der Waals surface area contributed by atoms with Crippen molar-refractivity contribution < 1.29 is 4.74 Å². The number of likely N-dealkylation sites (N-methyl/N-ethyl adjacent to an activating group) is 1. The van der Waals surface area contributed by atoms with Gasteiger partial charge >= 0.3 is 0 Å². The molecule has 23 heavy (non-hydrogen) atoms. The predicted octanol–water partition coefficient (Wildman–Crippen LogP) is 2.46. The van der Waals surface area contributed by atoms with Crippen LogP contribution < -0.4 is 15.4 Å². The SMILES string of the molecule is CCN1CCCC1CNC(=NC)NCc1ccc(OC)cc1.I. The van der Waals surface area contributed by atoms with Gasteiger partial charge in [-0.15, -0.1) is 24.0 Å². The van der Waals surface area contributed by atoms with Gasteiger partial charge in [0.05, 0.1) is 7.11 Å². The van der Waals surface area contributed by atoms with Crippen LogP contribution in [0.4, 0.5) is 0 Å². The molecule has 1 fully saturated rings. The van der Waals surface area contributed by atoms with Crippen molar-refractivity contribution in [3.63, 3.8) is 0 Å². The maximum Gasteiger partial charge on any atom is 0.191 e. The van der Waals surface area contributed by atoms with Crippen molar-refractivity contribution in [1.29, 1.82) is 0 Å². The third-order valence-corrected chi connectivity index (χ3v) is 4.25. The first-order chi connectivity index (χ1) is 10.8. The molecule has 1 aromatic rings. The van der Waals surface area contributed by atoms with Crippen LogP contribution in [0.5, 0.6) is 5.75 Å². The summed E-state index contributed by atoms with van der Waals surface area (Å²) in [4.78, 5) is 6.83. The summed E-state index contributed by atoms with van der Waals surface area (Å²) in [6, 6.07) is 8.71. The fourth-order valence-electron chi connectivity index (χ4n) is 2.91. The normalized spacial score (nSPS) is 18.4. The number of methoxy groups -OCH3 is 1. The first kappa shape index (κ1) is 20.0. The maximum atomic E-state index is 5.17. The number of ether oxygens (including phenoxy) is 1. The quantitative estimate of drug-likeness (QED) is 0.412. The average molecular weight is 432 g/mol. The molecule has 1 saturated heterocycles. The molecule has 0 amide bonds.